The van der Waals surface area contributed by atoms with Gasteiger partial charge in [0.25, 0.3) is 0 Å². The highest BCUT2D eigenvalue weighted by Crippen LogP contribution is 2.28. The molecular weight excluding hydrogens is 318 g/mol. The third-order valence-corrected chi connectivity index (χ3v) is 5.09. The molecule has 1 unspecified atom stereocenters. The van der Waals surface area contributed by atoms with Gasteiger partial charge in [-0.3, -0.25) is 4.99 Å². The molecule has 132 valence electrons. The van der Waals surface area contributed by atoms with Crippen LogP contribution >= 0.6 is 11.8 Å². The summed E-state index contributed by atoms with van der Waals surface area (Å²) < 4.78 is 5.25. The number of ether oxygens (including phenoxy) is 1. The molecule has 1 saturated heterocycles. The topological polar surface area (TPSA) is 36.9 Å². The first kappa shape index (κ1) is 18.7. The van der Waals surface area contributed by atoms with Crippen molar-refractivity contribution >= 4 is 17.7 Å². The molecule has 1 atom stereocenters. The SMILES string of the molecule is C=CCSCCN=C(NCC)N1CCC(c2ccc(OC)cc2)C1. The molecule has 5 heteroatoms. The van der Waals surface area contributed by atoms with Crippen molar-refractivity contribution in [2.24, 2.45) is 4.99 Å². The van der Waals surface area contributed by atoms with E-state index in [9.17, 15) is 0 Å². The molecule has 0 saturated carbocycles. The molecule has 1 heterocycles. The minimum atomic E-state index is 0.565. The number of guanidine groups is 1. The van der Waals surface area contributed by atoms with Crippen LogP contribution < -0.4 is 10.1 Å². The minimum Gasteiger partial charge on any atom is -0.497 e. The highest BCUT2D eigenvalue weighted by atomic mass is 32.2. The van der Waals surface area contributed by atoms with Gasteiger partial charge in [0.05, 0.1) is 13.7 Å². The van der Waals surface area contributed by atoms with E-state index in [0.29, 0.717) is 5.92 Å². The number of likely N-dealkylation sites (tertiary alicyclic amines) is 1. The van der Waals surface area contributed by atoms with Crippen LogP contribution in [-0.2, 0) is 0 Å². The van der Waals surface area contributed by atoms with E-state index >= 15 is 0 Å². The van der Waals surface area contributed by atoms with Crippen molar-refractivity contribution in [3.05, 3.63) is 42.5 Å². The molecule has 1 N–H and O–H groups in total. The maximum absolute atomic E-state index is 5.25. The molecule has 1 aromatic rings. The van der Waals surface area contributed by atoms with Crippen molar-refractivity contribution in [3.63, 3.8) is 0 Å². The minimum absolute atomic E-state index is 0.565. The van der Waals surface area contributed by atoms with Crippen LogP contribution in [-0.4, -0.2) is 55.7 Å². The second-order valence-corrected chi connectivity index (χ2v) is 6.95. The zero-order valence-electron chi connectivity index (χ0n) is 14.8. The Labute approximate surface area is 150 Å². The second-order valence-electron chi connectivity index (χ2n) is 5.80. The number of nitrogens with zero attached hydrogens (tertiary/aromatic N) is 2. The monoisotopic (exact) mass is 347 g/mol. The van der Waals surface area contributed by atoms with E-state index in [1.807, 2.05) is 30.0 Å². The van der Waals surface area contributed by atoms with E-state index in [1.54, 1.807) is 7.11 Å². The van der Waals surface area contributed by atoms with Gasteiger partial charge in [0.15, 0.2) is 5.96 Å². The predicted octanol–water partition coefficient (Wildman–Crippen LogP) is 3.37. The van der Waals surface area contributed by atoms with Crippen molar-refractivity contribution < 1.29 is 4.74 Å². The summed E-state index contributed by atoms with van der Waals surface area (Å²) in [6.45, 7) is 9.71. The average Bonchev–Trinajstić information content (AvgIpc) is 3.10. The van der Waals surface area contributed by atoms with Crippen LogP contribution in [0.5, 0.6) is 5.75 Å². The van der Waals surface area contributed by atoms with E-state index in [4.69, 9.17) is 9.73 Å². The van der Waals surface area contributed by atoms with Crippen LogP contribution in [0.4, 0.5) is 0 Å². The predicted molar refractivity (Wildman–Crippen MR) is 105 cm³/mol. The van der Waals surface area contributed by atoms with E-state index in [1.165, 1.54) is 12.0 Å². The Morgan fingerprint density at radius 3 is 2.92 bits per heavy atom. The first-order valence-electron chi connectivity index (χ1n) is 8.64. The lowest BCUT2D eigenvalue weighted by Crippen LogP contribution is -2.40. The van der Waals surface area contributed by atoms with Gasteiger partial charge in [-0.05, 0) is 31.0 Å². The Bertz CT molecular complexity index is 530. The summed E-state index contributed by atoms with van der Waals surface area (Å²) in [5.74, 6) is 4.56. The summed E-state index contributed by atoms with van der Waals surface area (Å²) >= 11 is 1.87. The quantitative estimate of drug-likeness (QED) is 0.339. The molecule has 1 aromatic carbocycles. The molecule has 24 heavy (non-hydrogen) atoms. The van der Waals surface area contributed by atoms with Crippen molar-refractivity contribution in [2.45, 2.75) is 19.3 Å². The summed E-state index contributed by atoms with van der Waals surface area (Å²) in [7, 11) is 1.71. The molecule has 0 aromatic heterocycles. The van der Waals surface area contributed by atoms with Gasteiger partial charge < -0.3 is 15.0 Å². The van der Waals surface area contributed by atoms with Crippen molar-refractivity contribution in [2.75, 3.05) is 44.8 Å². The van der Waals surface area contributed by atoms with E-state index in [-0.39, 0.29) is 0 Å². The Hall–Kier alpha value is -1.62. The molecule has 1 aliphatic heterocycles. The molecular formula is C19H29N3OS. The third-order valence-electron chi connectivity index (χ3n) is 4.14. The zero-order valence-corrected chi connectivity index (χ0v) is 15.6. The molecule has 0 spiro atoms. The smallest absolute Gasteiger partial charge is 0.193 e. The standard InChI is InChI=1S/C19H29N3OS/c1-4-13-24-14-11-21-19(20-5-2)22-12-10-17(15-22)16-6-8-18(23-3)9-7-16/h4,6-9,17H,1,5,10-15H2,2-3H3,(H,20,21). The summed E-state index contributed by atoms with van der Waals surface area (Å²) in [6.07, 6.45) is 3.11. The molecule has 0 bridgehead atoms. The number of aliphatic imine (C=N–C) groups is 1. The highest BCUT2D eigenvalue weighted by molar-refractivity contribution is 7.99. The molecule has 0 amide bonds. The van der Waals surface area contributed by atoms with Gasteiger partial charge in [-0.15, -0.1) is 6.58 Å². The average molecular weight is 348 g/mol. The normalized spacial score (nSPS) is 17.8. The number of rotatable bonds is 8. The maximum atomic E-state index is 5.25. The Balaban J connectivity index is 1.91. The fraction of sp³-hybridized carbons (Fsp3) is 0.526. The number of methoxy groups -OCH3 is 1. The number of benzene rings is 1. The molecule has 2 rings (SSSR count). The van der Waals surface area contributed by atoms with Gasteiger partial charge in [-0.1, -0.05) is 18.2 Å². The Morgan fingerprint density at radius 2 is 2.25 bits per heavy atom. The molecule has 1 fully saturated rings. The lowest BCUT2D eigenvalue weighted by Gasteiger charge is -2.21. The van der Waals surface area contributed by atoms with Crippen molar-refractivity contribution in [1.82, 2.24) is 10.2 Å². The van der Waals surface area contributed by atoms with Gasteiger partial charge in [0.1, 0.15) is 5.75 Å². The molecule has 1 aliphatic rings. The van der Waals surface area contributed by atoms with Gasteiger partial charge in [-0.25, -0.2) is 0 Å². The number of hydrogen-bond donors (Lipinski definition) is 1. The molecule has 4 nitrogen and oxygen atoms in total. The summed E-state index contributed by atoms with van der Waals surface area (Å²) in [6, 6.07) is 8.47. The summed E-state index contributed by atoms with van der Waals surface area (Å²) in [4.78, 5) is 7.16. The Morgan fingerprint density at radius 1 is 1.46 bits per heavy atom. The largest absolute Gasteiger partial charge is 0.497 e. The van der Waals surface area contributed by atoms with Crippen LogP contribution in [0.15, 0.2) is 41.9 Å². The summed E-state index contributed by atoms with van der Waals surface area (Å²) in [5.41, 5.74) is 1.38. The first-order chi connectivity index (χ1) is 11.8. The van der Waals surface area contributed by atoms with Crippen molar-refractivity contribution in [3.8, 4) is 5.75 Å². The van der Waals surface area contributed by atoms with Gasteiger partial charge in [-0.2, -0.15) is 11.8 Å². The zero-order chi connectivity index (χ0) is 17.2. The van der Waals surface area contributed by atoms with Crippen LogP contribution in [0, 0.1) is 0 Å². The number of thioether (sulfide) groups is 1. The van der Waals surface area contributed by atoms with Gasteiger partial charge in [0, 0.05) is 37.1 Å². The maximum Gasteiger partial charge on any atom is 0.193 e. The second kappa shape index (κ2) is 10.3. The molecule has 0 radical (unpaired) electrons. The van der Waals surface area contributed by atoms with Crippen molar-refractivity contribution in [1.29, 1.82) is 0 Å². The fourth-order valence-corrected chi connectivity index (χ4v) is 3.46. The molecule has 0 aliphatic carbocycles. The lowest BCUT2D eigenvalue weighted by atomic mass is 9.98. The highest BCUT2D eigenvalue weighted by Gasteiger charge is 2.25. The number of hydrogen-bond acceptors (Lipinski definition) is 3. The summed E-state index contributed by atoms with van der Waals surface area (Å²) in [5, 5.41) is 3.43. The number of nitrogens with one attached hydrogen (secondary N) is 1. The van der Waals surface area contributed by atoms with E-state index < -0.39 is 0 Å². The van der Waals surface area contributed by atoms with Gasteiger partial charge in [0.2, 0.25) is 0 Å². The third kappa shape index (κ3) is 5.48. The van der Waals surface area contributed by atoms with Gasteiger partial charge >= 0.3 is 0 Å². The fourth-order valence-electron chi connectivity index (χ4n) is 2.91. The lowest BCUT2D eigenvalue weighted by molar-refractivity contribution is 0.414. The Kier molecular flexibility index (Phi) is 8.02. The first-order valence-corrected chi connectivity index (χ1v) is 9.79. The van der Waals surface area contributed by atoms with E-state index in [0.717, 1.165) is 49.4 Å². The van der Waals surface area contributed by atoms with E-state index in [2.05, 4.69) is 35.9 Å². The van der Waals surface area contributed by atoms with Crippen LogP contribution in [0.1, 0.15) is 24.8 Å². The van der Waals surface area contributed by atoms with Crippen LogP contribution in [0.25, 0.3) is 0 Å². The van der Waals surface area contributed by atoms with Crippen LogP contribution in [0.2, 0.25) is 0 Å². The van der Waals surface area contributed by atoms with Crippen LogP contribution in [0.3, 0.4) is 0 Å².